The molecule has 0 atom stereocenters. The van der Waals surface area contributed by atoms with E-state index < -0.39 is 54.4 Å². The summed E-state index contributed by atoms with van der Waals surface area (Å²) in [6, 6.07) is 3.04. The Morgan fingerprint density at radius 1 is 0.781 bits per heavy atom. The van der Waals surface area contributed by atoms with Crippen LogP contribution in [0.5, 0.6) is 5.75 Å². The summed E-state index contributed by atoms with van der Waals surface area (Å²) in [7, 11) is 0. The number of benzene rings is 1. The number of imide groups is 6. The van der Waals surface area contributed by atoms with Gasteiger partial charge in [0.05, 0.1) is 0 Å². The SMILES string of the molecule is O=C(O)COc1ccc(C(NC(=O)N2C(=O)C=CC2=O)NC(=O)N2C(=O)C=CC2=O)cc1. The average Bonchev–Trinajstić information content (AvgIpc) is 3.26. The molecule has 164 valence electrons. The molecule has 1 aromatic rings. The van der Waals surface area contributed by atoms with E-state index in [0.29, 0.717) is 0 Å². The minimum atomic E-state index is -1.40. The number of nitrogens with one attached hydrogen (secondary N) is 2. The molecule has 2 heterocycles. The molecule has 0 unspecified atom stereocenters. The molecule has 8 amide bonds. The van der Waals surface area contributed by atoms with E-state index in [-0.39, 0.29) is 21.1 Å². The van der Waals surface area contributed by atoms with Crippen molar-refractivity contribution in [3.8, 4) is 5.75 Å². The van der Waals surface area contributed by atoms with Gasteiger partial charge in [0.1, 0.15) is 11.9 Å². The third-order valence-corrected chi connectivity index (χ3v) is 4.14. The summed E-state index contributed by atoms with van der Waals surface area (Å²) >= 11 is 0. The quantitative estimate of drug-likeness (QED) is 0.384. The Bertz CT molecular complexity index is 999. The molecule has 0 radical (unpaired) electrons. The van der Waals surface area contributed by atoms with Crippen LogP contribution in [-0.2, 0) is 24.0 Å². The van der Waals surface area contributed by atoms with Crippen molar-refractivity contribution in [2.75, 3.05) is 6.61 Å². The number of amides is 8. The Morgan fingerprint density at radius 2 is 1.19 bits per heavy atom. The van der Waals surface area contributed by atoms with Crippen LogP contribution in [0.2, 0.25) is 0 Å². The maximum Gasteiger partial charge on any atom is 0.341 e. The Balaban J connectivity index is 1.81. The van der Waals surface area contributed by atoms with Gasteiger partial charge >= 0.3 is 18.0 Å². The van der Waals surface area contributed by atoms with Crippen molar-refractivity contribution >= 4 is 41.7 Å². The first-order valence-electron chi connectivity index (χ1n) is 8.85. The lowest BCUT2D eigenvalue weighted by molar-refractivity contribution is -0.139. The van der Waals surface area contributed by atoms with Gasteiger partial charge < -0.3 is 20.5 Å². The molecule has 0 saturated heterocycles. The van der Waals surface area contributed by atoms with E-state index in [1.54, 1.807) is 0 Å². The number of hydrogen-bond acceptors (Lipinski definition) is 8. The van der Waals surface area contributed by atoms with Gasteiger partial charge in [-0.25, -0.2) is 14.4 Å². The number of hydrogen-bond donors (Lipinski definition) is 3. The van der Waals surface area contributed by atoms with Crippen LogP contribution in [0.25, 0.3) is 0 Å². The van der Waals surface area contributed by atoms with E-state index >= 15 is 0 Å². The zero-order valence-corrected chi connectivity index (χ0v) is 16.0. The maximum atomic E-state index is 12.5. The molecule has 13 nitrogen and oxygen atoms in total. The minimum absolute atomic E-state index is 0.163. The van der Waals surface area contributed by atoms with Crippen LogP contribution in [-0.4, -0.2) is 63.2 Å². The van der Waals surface area contributed by atoms with Crippen molar-refractivity contribution in [3.63, 3.8) is 0 Å². The van der Waals surface area contributed by atoms with Crippen molar-refractivity contribution in [2.45, 2.75) is 6.17 Å². The molecular formula is C19H14N4O9. The number of carbonyl (C=O) groups excluding carboxylic acids is 6. The van der Waals surface area contributed by atoms with E-state index in [9.17, 15) is 33.6 Å². The van der Waals surface area contributed by atoms with Gasteiger partial charge in [0, 0.05) is 24.3 Å². The van der Waals surface area contributed by atoms with Crippen molar-refractivity contribution in [2.24, 2.45) is 0 Å². The summed E-state index contributed by atoms with van der Waals surface area (Å²) in [6.45, 7) is -0.603. The largest absolute Gasteiger partial charge is 0.482 e. The minimum Gasteiger partial charge on any atom is -0.482 e. The third kappa shape index (κ3) is 4.67. The lowest BCUT2D eigenvalue weighted by Crippen LogP contribution is -2.52. The first-order valence-corrected chi connectivity index (χ1v) is 8.85. The molecular weight excluding hydrogens is 428 g/mol. The molecule has 0 aromatic heterocycles. The lowest BCUT2D eigenvalue weighted by Gasteiger charge is -2.24. The Kier molecular flexibility index (Phi) is 6.09. The highest BCUT2D eigenvalue weighted by molar-refractivity contribution is 6.23. The van der Waals surface area contributed by atoms with E-state index in [0.717, 1.165) is 24.3 Å². The second kappa shape index (κ2) is 8.91. The van der Waals surface area contributed by atoms with Gasteiger partial charge in [0.15, 0.2) is 6.61 Å². The molecule has 1 aromatic carbocycles. The molecule has 0 bridgehead atoms. The number of urea groups is 2. The second-order valence-electron chi connectivity index (χ2n) is 6.27. The monoisotopic (exact) mass is 442 g/mol. The summed E-state index contributed by atoms with van der Waals surface area (Å²) in [5.74, 6) is -4.63. The molecule has 3 rings (SSSR count). The molecule has 0 saturated carbocycles. The van der Waals surface area contributed by atoms with Gasteiger partial charge in [-0.1, -0.05) is 12.1 Å². The number of ether oxygens (including phenoxy) is 1. The van der Waals surface area contributed by atoms with E-state index in [4.69, 9.17) is 9.84 Å². The Labute approximate surface area is 178 Å². The molecule has 0 aliphatic carbocycles. The third-order valence-electron chi connectivity index (χ3n) is 4.14. The van der Waals surface area contributed by atoms with Crippen molar-refractivity contribution in [3.05, 3.63) is 54.1 Å². The zero-order chi connectivity index (χ0) is 23.4. The predicted molar refractivity (Wildman–Crippen MR) is 101 cm³/mol. The van der Waals surface area contributed by atoms with Gasteiger partial charge in [0.25, 0.3) is 23.6 Å². The Morgan fingerprint density at radius 3 is 1.56 bits per heavy atom. The fourth-order valence-corrected chi connectivity index (χ4v) is 2.68. The predicted octanol–water partition coefficient (Wildman–Crippen LogP) is -0.582. The zero-order valence-electron chi connectivity index (χ0n) is 16.0. The van der Waals surface area contributed by atoms with Gasteiger partial charge in [-0.15, -0.1) is 0 Å². The summed E-state index contributed by atoms with van der Waals surface area (Å²) in [4.78, 5) is 83.0. The number of rotatable bonds is 6. The molecule has 2 aliphatic rings. The van der Waals surface area contributed by atoms with Crippen molar-refractivity contribution in [1.29, 1.82) is 0 Å². The summed E-state index contributed by atoms with van der Waals surface area (Å²) < 4.78 is 5.00. The number of carboxylic acid groups (broad SMARTS) is 1. The molecule has 2 aliphatic heterocycles. The average molecular weight is 442 g/mol. The fourth-order valence-electron chi connectivity index (χ4n) is 2.68. The van der Waals surface area contributed by atoms with Crippen LogP contribution in [0.15, 0.2) is 48.6 Å². The summed E-state index contributed by atoms with van der Waals surface area (Å²) in [6.07, 6.45) is 2.15. The fraction of sp³-hybridized carbons (Fsp3) is 0.105. The highest BCUT2D eigenvalue weighted by Crippen LogP contribution is 2.18. The number of carbonyl (C=O) groups is 7. The molecule has 0 fully saturated rings. The summed E-state index contributed by atoms with van der Waals surface area (Å²) in [5.41, 5.74) is 0.188. The highest BCUT2D eigenvalue weighted by Gasteiger charge is 2.35. The number of aliphatic carboxylic acids is 1. The first-order chi connectivity index (χ1) is 15.2. The Hall–Kier alpha value is -4.81. The number of nitrogens with zero attached hydrogens (tertiary/aromatic N) is 2. The number of carboxylic acids is 1. The van der Waals surface area contributed by atoms with Gasteiger partial charge in [-0.05, 0) is 17.7 Å². The van der Waals surface area contributed by atoms with Gasteiger partial charge in [-0.3, -0.25) is 19.2 Å². The maximum absolute atomic E-state index is 12.5. The first kappa shape index (κ1) is 21.9. The van der Waals surface area contributed by atoms with Crippen molar-refractivity contribution in [1.82, 2.24) is 20.4 Å². The van der Waals surface area contributed by atoms with Crippen LogP contribution in [0.1, 0.15) is 11.7 Å². The van der Waals surface area contributed by atoms with Crippen LogP contribution >= 0.6 is 0 Å². The molecule has 0 spiro atoms. The van der Waals surface area contributed by atoms with E-state index in [2.05, 4.69) is 10.6 Å². The molecule has 13 heteroatoms. The van der Waals surface area contributed by atoms with Gasteiger partial charge in [-0.2, -0.15) is 9.80 Å². The summed E-state index contributed by atoms with van der Waals surface area (Å²) in [5, 5.41) is 13.2. The molecule has 3 N–H and O–H groups in total. The smallest absolute Gasteiger partial charge is 0.341 e. The van der Waals surface area contributed by atoms with Crippen LogP contribution < -0.4 is 15.4 Å². The molecule has 32 heavy (non-hydrogen) atoms. The van der Waals surface area contributed by atoms with E-state index in [1.807, 2.05) is 0 Å². The standard InChI is InChI=1S/C19H14N4O9/c24-12-5-6-13(25)22(12)18(30)20-17(21-19(31)23-14(26)7-8-15(23)27)10-1-3-11(4-2-10)32-9-16(28)29/h1-8,17H,9H2,(H,20,30)(H,21,31)(H,28,29). The second-order valence-corrected chi connectivity index (χ2v) is 6.27. The van der Waals surface area contributed by atoms with Gasteiger partial charge in [0.2, 0.25) is 0 Å². The lowest BCUT2D eigenvalue weighted by atomic mass is 10.1. The van der Waals surface area contributed by atoms with E-state index in [1.165, 1.54) is 24.3 Å². The topological polar surface area (TPSA) is 179 Å². The van der Waals surface area contributed by atoms with Crippen LogP contribution in [0, 0.1) is 0 Å². The highest BCUT2D eigenvalue weighted by atomic mass is 16.5. The van der Waals surface area contributed by atoms with Crippen molar-refractivity contribution < 1.29 is 43.4 Å². The normalized spacial score (nSPS) is 15.0. The van der Waals surface area contributed by atoms with Crippen LogP contribution in [0.4, 0.5) is 9.59 Å². The van der Waals surface area contributed by atoms with Crippen LogP contribution in [0.3, 0.4) is 0 Å².